The normalized spacial score (nSPS) is 10.6. The van der Waals surface area contributed by atoms with E-state index in [0.29, 0.717) is 18.0 Å². The first-order valence-electron chi connectivity index (χ1n) is 9.37. The lowest BCUT2D eigenvalue weighted by Crippen LogP contribution is -2.37. The van der Waals surface area contributed by atoms with Gasteiger partial charge in [-0.3, -0.25) is 9.88 Å². The number of benzene rings is 2. The largest absolute Gasteiger partial charge is 0.496 e. The molecule has 0 fully saturated rings. The topological polar surface area (TPSA) is 63.7 Å². The van der Waals surface area contributed by atoms with Crippen LogP contribution < -0.4 is 19.7 Å². The van der Waals surface area contributed by atoms with Gasteiger partial charge in [-0.1, -0.05) is 0 Å². The molecule has 29 heavy (non-hydrogen) atoms. The van der Waals surface area contributed by atoms with Crippen LogP contribution in [-0.2, 0) is 0 Å². The summed E-state index contributed by atoms with van der Waals surface area (Å²) >= 11 is 4.15. The van der Waals surface area contributed by atoms with Crippen molar-refractivity contribution in [3.8, 4) is 17.2 Å². The molecule has 2 aromatic carbocycles. The highest BCUT2D eigenvalue weighted by Crippen LogP contribution is 2.33. The number of aromatic nitrogens is 1. The van der Waals surface area contributed by atoms with Crippen molar-refractivity contribution in [2.24, 2.45) is 0 Å². The van der Waals surface area contributed by atoms with Crippen LogP contribution in [0, 0.1) is 6.92 Å². The van der Waals surface area contributed by atoms with E-state index in [9.17, 15) is 4.79 Å². The third-order valence-corrected chi connectivity index (χ3v) is 4.90. The summed E-state index contributed by atoms with van der Waals surface area (Å²) in [5.41, 5.74) is 2.60. The number of hydrogen-bond donors (Lipinski definition) is 2. The van der Waals surface area contributed by atoms with Gasteiger partial charge in [0.2, 0.25) is 0 Å². The number of methoxy groups -OCH3 is 1. The van der Waals surface area contributed by atoms with Gasteiger partial charge in [-0.15, -0.1) is 0 Å². The Labute approximate surface area is 176 Å². The molecule has 1 N–H and O–H groups in total. The van der Waals surface area contributed by atoms with E-state index < -0.39 is 0 Å². The van der Waals surface area contributed by atoms with Gasteiger partial charge in [0.25, 0.3) is 0 Å². The van der Waals surface area contributed by atoms with Gasteiger partial charge in [-0.25, -0.2) is 4.79 Å². The van der Waals surface area contributed by atoms with Gasteiger partial charge in [-0.2, -0.15) is 12.6 Å². The fourth-order valence-corrected chi connectivity index (χ4v) is 3.10. The van der Waals surface area contributed by atoms with Crippen LogP contribution in [0.2, 0.25) is 0 Å². The van der Waals surface area contributed by atoms with Crippen LogP contribution >= 0.6 is 12.6 Å². The van der Waals surface area contributed by atoms with Gasteiger partial charge in [0, 0.05) is 36.9 Å². The third kappa shape index (κ3) is 4.92. The molecule has 3 rings (SSSR count). The summed E-state index contributed by atoms with van der Waals surface area (Å²) in [6, 6.07) is 13.0. The number of thiol groups is 1. The number of ether oxygens (including phenoxy) is 2. The monoisotopic (exact) mass is 411 g/mol. The number of pyridine rings is 1. The second kappa shape index (κ2) is 9.52. The summed E-state index contributed by atoms with van der Waals surface area (Å²) in [6.07, 6.45) is 2.55. The third-order valence-electron chi connectivity index (χ3n) is 4.59. The molecule has 0 bridgehead atoms. The van der Waals surface area contributed by atoms with Gasteiger partial charge in [0.15, 0.2) is 0 Å². The first-order valence-corrected chi connectivity index (χ1v) is 10.0. The van der Waals surface area contributed by atoms with Crippen LogP contribution in [0.25, 0.3) is 10.9 Å². The zero-order valence-electron chi connectivity index (χ0n) is 16.8. The van der Waals surface area contributed by atoms with Crippen molar-refractivity contribution in [3.63, 3.8) is 0 Å². The molecule has 0 atom stereocenters. The SMILES string of the molecule is COc1cc2nccc(Oc3ccc(N(C)C(=O)NCCCS)cc3)c2cc1C. The summed E-state index contributed by atoms with van der Waals surface area (Å²) in [5, 5.41) is 3.77. The smallest absolute Gasteiger partial charge is 0.321 e. The molecule has 2 amide bonds. The lowest BCUT2D eigenvalue weighted by Gasteiger charge is -2.18. The summed E-state index contributed by atoms with van der Waals surface area (Å²) < 4.78 is 11.5. The lowest BCUT2D eigenvalue weighted by molar-refractivity contribution is 0.247. The number of rotatable bonds is 7. The van der Waals surface area contributed by atoms with E-state index in [1.54, 1.807) is 25.3 Å². The molecule has 0 saturated carbocycles. The maximum Gasteiger partial charge on any atom is 0.321 e. The second-order valence-electron chi connectivity index (χ2n) is 6.61. The van der Waals surface area contributed by atoms with Gasteiger partial charge in [0.05, 0.1) is 12.6 Å². The molecule has 0 aliphatic rings. The number of nitrogens with one attached hydrogen (secondary N) is 1. The maximum absolute atomic E-state index is 12.2. The van der Waals surface area contributed by atoms with E-state index in [1.165, 1.54) is 0 Å². The minimum Gasteiger partial charge on any atom is -0.496 e. The molecular weight excluding hydrogens is 386 g/mol. The van der Waals surface area contributed by atoms with Crippen molar-refractivity contribution in [3.05, 3.63) is 54.2 Å². The zero-order chi connectivity index (χ0) is 20.8. The Morgan fingerprint density at radius 3 is 2.62 bits per heavy atom. The highest BCUT2D eigenvalue weighted by molar-refractivity contribution is 7.80. The van der Waals surface area contributed by atoms with Crippen molar-refractivity contribution in [2.45, 2.75) is 13.3 Å². The Morgan fingerprint density at radius 2 is 1.93 bits per heavy atom. The number of nitrogens with zero attached hydrogens (tertiary/aromatic N) is 2. The molecule has 1 aromatic heterocycles. The fourth-order valence-electron chi connectivity index (χ4n) is 2.94. The highest BCUT2D eigenvalue weighted by Gasteiger charge is 2.11. The minimum atomic E-state index is -0.148. The number of carbonyl (C=O) groups excluding carboxylic acids is 1. The molecule has 0 spiro atoms. The van der Waals surface area contributed by atoms with E-state index in [4.69, 9.17) is 9.47 Å². The molecule has 0 aliphatic heterocycles. The van der Waals surface area contributed by atoms with Gasteiger partial charge in [-0.05, 0) is 61.1 Å². The number of urea groups is 1. The zero-order valence-corrected chi connectivity index (χ0v) is 17.7. The lowest BCUT2D eigenvalue weighted by atomic mass is 10.1. The van der Waals surface area contributed by atoms with Crippen LogP contribution in [0.3, 0.4) is 0 Å². The van der Waals surface area contributed by atoms with Gasteiger partial charge in [0.1, 0.15) is 17.2 Å². The highest BCUT2D eigenvalue weighted by atomic mass is 32.1. The number of aryl methyl sites for hydroxylation is 1. The molecule has 0 unspecified atom stereocenters. The van der Waals surface area contributed by atoms with E-state index >= 15 is 0 Å². The van der Waals surface area contributed by atoms with Crippen molar-refractivity contribution in [1.82, 2.24) is 10.3 Å². The van der Waals surface area contributed by atoms with Crippen molar-refractivity contribution < 1.29 is 14.3 Å². The average molecular weight is 412 g/mol. The predicted octanol–water partition coefficient (Wildman–Crippen LogP) is 4.81. The van der Waals surface area contributed by atoms with Crippen molar-refractivity contribution in [1.29, 1.82) is 0 Å². The van der Waals surface area contributed by atoms with E-state index in [0.717, 1.165) is 40.1 Å². The summed E-state index contributed by atoms with van der Waals surface area (Å²) in [4.78, 5) is 18.1. The van der Waals surface area contributed by atoms with E-state index in [2.05, 4.69) is 22.9 Å². The van der Waals surface area contributed by atoms with Crippen molar-refractivity contribution >= 4 is 35.3 Å². The number of hydrogen-bond acceptors (Lipinski definition) is 5. The molecule has 152 valence electrons. The molecule has 7 heteroatoms. The average Bonchev–Trinajstić information content (AvgIpc) is 2.74. The standard InChI is InChI=1S/C22H25N3O3S/c1-15-13-18-19(14-21(15)27-3)23-11-9-20(18)28-17-7-5-16(6-8-17)25(2)22(26)24-10-4-12-29/h5-9,11,13-14,29H,4,10,12H2,1-3H3,(H,24,26). The van der Waals surface area contributed by atoms with E-state index in [-0.39, 0.29) is 6.03 Å². The first-order chi connectivity index (χ1) is 14.0. The van der Waals surface area contributed by atoms with Gasteiger partial charge < -0.3 is 14.8 Å². The Kier molecular flexibility index (Phi) is 6.82. The fraction of sp³-hybridized carbons (Fsp3) is 0.273. The Bertz CT molecular complexity index is 993. The van der Waals surface area contributed by atoms with Gasteiger partial charge >= 0.3 is 6.03 Å². The summed E-state index contributed by atoms with van der Waals surface area (Å²) in [6.45, 7) is 2.59. The molecule has 0 aliphatic carbocycles. The van der Waals surface area contributed by atoms with Crippen LogP contribution in [0.5, 0.6) is 17.2 Å². The molecule has 0 saturated heterocycles. The number of anilines is 1. The molecular formula is C22H25N3O3S. The molecule has 1 heterocycles. The minimum absolute atomic E-state index is 0.148. The molecule has 0 radical (unpaired) electrons. The summed E-state index contributed by atoms with van der Waals surface area (Å²) in [7, 11) is 3.38. The summed E-state index contributed by atoms with van der Waals surface area (Å²) in [5.74, 6) is 2.93. The van der Waals surface area contributed by atoms with Crippen LogP contribution in [0.4, 0.5) is 10.5 Å². The van der Waals surface area contributed by atoms with Crippen LogP contribution in [0.1, 0.15) is 12.0 Å². The molecule has 3 aromatic rings. The number of fused-ring (bicyclic) bond motifs is 1. The van der Waals surface area contributed by atoms with E-state index in [1.807, 2.05) is 49.4 Å². The first kappa shape index (κ1) is 20.8. The Hall–Kier alpha value is -2.93. The second-order valence-corrected chi connectivity index (χ2v) is 7.06. The maximum atomic E-state index is 12.2. The quantitative estimate of drug-likeness (QED) is 0.433. The van der Waals surface area contributed by atoms with Crippen molar-refractivity contribution in [2.75, 3.05) is 31.4 Å². The Balaban J connectivity index is 1.76. The van der Waals surface area contributed by atoms with Crippen LogP contribution in [-0.4, -0.2) is 37.5 Å². The Morgan fingerprint density at radius 1 is 1.17 bits per heavy atom. The van der Waals surface area contributed by atoms with Crippen LogP contribution in [0.15, 0.2) is 48.7 Å². The molecule has 6 nitrogen and oxygen atoms in total. The number of carbonyl (C=O) groups is 1. The predicted molar refractivity (Wildman–Crippen MR) is 120 cm³/mol. The number of amides is 2.